The molecule has 0 atom stereocenters. The molecule has 4 nitrogen and oxygen atoms in total. The summed E-state index contributed by atoms with van der Waals surface area (Å²) in [5, 5.41) is 4.63. The number of hydrogen-bond donors (Lipinski definition) is 2. The smallest absolute Gasteiger partial charge is 0.338 e. The Morgan fingerprint density at radius 2 is 1.95 bits per heavy atom. The number of ketones is 1. The van der Waals surface area contributed by atoms with E-state index in [1.54, 1.807) is 6.92 Å². The molecule has 2 N–H and O–H groups in total. The maximum absolute atomic E-state index is 12.5. The number of alkyl halides is 3. The van der Waals surface area contributed by atoms with Crippen LogP contribution >= 0.6 is 0 Å². The van der Waals surface area contributed by atoms with Gasteiger partial charge in [-0.05, 0) is 25.1 Å². The largest absolute Gasteiger partial charge is 0.416 e. The van der Waals surface area contributed by atoms with Gasteiger partial charge in [-0.15, -0.1) is 0 Å². The number of anilines is 1. The van der Waals surface area contributed by atoms with Crippen LogP contribution in [0.25, 0.3) is 0 Å². The Morgan fingerprint density at radius 3 is 2.42 bits per heavy atom. The highest BCUT2D eigenvalue weighted by atomic mass is 19.4. The fraction of sp³-hybridized carbons (Fsp3) is 0.250. The van der Waals surface area contributed by atoms with Crippen molar-refractivity contribution in [3.05, 3.63) is 36.2 Å². The Kier molecular flexibility index (Phi) is 4.52. The van der Waals surface area contributed by atoms with Crippen molar-refractivity contribution in [2.24, 2.45) is 0 Å². The predicted octanol–water partition coefficient (Wildman–Crippen LogP) is 2.74. The summed E-state index contributed by atoms with van der Waals surface area (Å²) in [5.41, 5.74) is -1.49. The molecule has 0 aliphatic rings. The lowest BCUT2D eigenvalue weighted by Crippen LogP contribution is -2.29. The Balaban J connectivity index is 3.12. The topological polar surface area (TPSA) is 58.2 Å². The van der Waals surface area contributed by atoms with Crippen molar-refractivity contribution in [1.82, 2.24) is 5.32 Å². The number of halogens is 3. The van der Waals surface area contributed by atoms with E-state index >= 15 is 0 Å². The molecule has 1 aromatic rings. The first-order valence-corrected chi connectivity index (χ1v) is 5.31. The van der Waals surface area contributed by atoms with Gasteiger partial charge < -0.3 is 10.6 Å². The number of carbonyl (C=O) groups is 2. The molecular formula is C12H11F3N2O2. The number of rotatable bonds is 3. The van der Waals surface area contributed by atoms with E-state index in [4.69, 9.17) is 6.92 Å². The molecule has 102 valence electrons. The molecule has 0 saturated heterocycles. The molecule has 2 radical (unpaired) electrons. The van der Waals surface area contributed by atoms with Crippen LogP contribution in [0.1, 0.15) is 22.8 Å². The average molecular weight is 272 g/mol. The zero-order chi connectivity index (χ0) is 14.6. The third-order valence-electron chi connectivity index (χ3n) is 2.20. The van der Waals surface area contributed by atoms with Gasteiger partial charge in [0.1, 0.15) is 0 Å². The predicted molar refractivity (Wildman–Crippen MR) is 62.8 cm³/mol. The molecule has 2 amide bonds. The first-order chi connectivity index (χ1) is 8.75. The molecule has 0 fully saturated rings. The molecule has 19 heavy (non-hydrogen) atoms. The van der Waals surface area contributed by atoms with Gasteiger partial charge in [0, 0.05) is 19.0 Å². The Hall–Kier alpha value is -2.05. The minimum absolute atomic E-state index is 0.0774. The highest BCUT2D eigenvalue weighted by Gasteiger charge is 2.31. The summed E-state index contributed by atoms with van der Waals surface area (Å²) in [6.45, 7) is 7.00. The molecule has 0 spiro atoms. The van der Waals surface area contributed by atoms with Crippen LogP contribution in [0.3, 0.4) is 0 Å². The third kappa shape index (κ3) is 3.97. The van der Waals surface area contributed by atoms with Crippen molar-refractivity contribution in [3.8, 4) is 0 Å². The number of urea groups is 1. The Labute approximate surface area is 108 Å². The lowest BCUT2D eigenvalue weighted by Gasteiger charge is -2.13. The second-order valence-electron chi connectivity index (χ2n) is 3.61. The molecular weight excluding hydrogens is 261 g/mol. The lowest BCUT2D eigenvalue weighted by molar-refractivity contribution is -0.137. The first-order valence-electron chi connectivity index (χ1n) is 5.31. The summed E-state index contributed by atoms with van der Waals surface area (Å²) < 4.78 is 37.5. The van der Waals surface area contributed by atoms with Gasteiger partial charge in [0.25, 0.3) is 0 Å². The van der Waals surface area contributed by atoms with Gasteiger partial charge in [-0.25, -0.2) is 4.79 Å². The quantitative estimate of drug-likeness (QED) is 0.831. The van der Waals surface area contributed by atoms with Gasteiger partial charge in [-0.3, -0.25) is 4.79 Å². The van der Waals surface area contributed by atoms with Crippen molar-refractivity contribution >= 4 is 17.5 Å². The van der Waals surface area contributed by atoms with Crippen LogP contribution in [0.2, 0.25) is 0 Å². The van der Waals surface area contributed by atoms with Crippen molar-refractivity contribution < 1.29 is 22.8 Å². The number of nitrogens with one attached hydrogen (secondary N) is 2. The van der Waals surface area contributed by atoms with Crippen LogP contribution in [0.4, 0.5) is 23.7 Å². The number of benzene rings is 1. The van der Waals surface area contributed by atoms with Gasteiger partial charge >= 0.3 is 12.2 Å². The fourth-order valence-electron chi connectivity index (χ4n) is 1.36. The number of hydrogen-bond acceptors (Lipinski definition) is 2. The van der Waals surface area contributed by atoms with E-state index in [2.05, 4.69) is 10.6 Å². The van der Waals surface area contributed by atoms with Crippen LogP contribution in [0.5, 0.6) is 0 Å². The third-order valence-corrected chi connectivity index (χ3v) is 2.20. The van der Waals surface area contributed by atoms with Crippen molar-refractivity contribution in [1.29, 1.82) is 0 Å². The molecule has 7 heteroatoms. The van der Waals surface area contributed by atoms with Gasteiger partial charge in [0.05, 0.1) is 11.3 Å². The number of carbonyl (C=O) groups excluding carboxylic acids is 2. The molecule has 1 aromatic carbocycles. The minimum Gasteiger partial charge on any atom is -0.338 e. The second kappa shape index (κ2) is 5.73. The van der Waals surface area contributed by atoms with Crippen LogP contribution in [0, 0.1) is 6.92 Å². The standard InChI is InChI=1S/C12H11F3N2O2/c1-3-16-11(19)17-10-5-4-8(12(13,14)15)6-9(10)7(2)18/h2,4-6H,3H2,1H3,(H2,16,17,19). The highest BCUT2D eigenvalue weighted by molar-refractivity contribution is 6.06. The normalized spacial score (nSPS) is 11.0. The Morgan fingerprint density at radius 1 is 1.32 bits per heavy atom. The lowest BCUT2D eigenvalue weighted by atomic mass is 10.1. The van der Waals surface area contributed by atoms with E-state index in [1.165, 1.54) is 0 Å². The van der Waals surface area contributed by atoms with E-state index in [0.29, 0.717) is 12.6 Å². The Bertz CT molecular complexity index is 498. The minimum atomic E-state index is -4.59. The van der Waals surface area contributed by atoms with E-state index in [-0.39, 0.29) is 5.69 Å². The summed E-state index contributed by atoms with van der Waals surface area (Å²) in [4.78, 5) is 22.4. The molecule has 0 bridgehead atoms. The molecule has 1 rings (SSSR count). The summed E-state index contributed by atoms with van der Waals surface area (Å²) in [5.74, 6) is -1.06. The molecule has 0 aromatic heterocycles. The number of amides is 2. The average Bonchev–Trinajstić information content (AvgIpc) is 2.27. The summed E-state index contributed by atoms with van der Waals surface area (Å²) in [6, 6.07) is 1.71. The maximum Gasteiger partial charge on any atom is 0.416 e. The van der Waals surface area contributed by atoms with Crippen molar-refractivity contribution in [2.45, 2.75) is 13.1 Å². The summed E-state index contributed by atoms with van der Waals surface area (Å²) in [7, 11) is 0. The van der Waals surface area contributed by atoms with Gasteiger partial charge in [0.15, 0.2) is 5.78 Å². The SMILES string of the molecule is [CH]C(=O)c1cc(C(F)(F)F)ccc1NC(=O)NCC. The van der Waals surface area contributed by atoms with Crippen LogP contribution < -0.4 is 10.6 Å². The first kappa shape index (κ1) is 15.0. The zero-order valence-electron chi connectivity index (χ0n) is 9.97. The fourth-order valence-corrected chi connectivity index (χ4v) is 1.36. The molecule has 0 saturated carbocycles. The van der Waals surface area contributed by atoms with E-state index < -0.39 is 29.1 Å². The van der Waals surface area contributed by atoms with E-state index in [1.807, 2.05) is 0 Å². The van der Waals surface area contributed by atoms with Crippen LogP contribution in [-0.4, -0.2) is 18.4 Å². The van der Waals surface area contributed by atoms with Crippen molar-refractivity contribution in [3.63, 3.8) is 0 Å². The molecule has 0 heterocycles. The van der Waals surface area contributed by atoms with Gasteiger partial charge in [-0.2, -0.15) is 13.2 Å². The monoisotopic (exact) mass is 272 g/mol. The molecule has 0 aliphatic carbocycles. The highest BCUT2D eigenvalue weighted by Crippen LogP contribution is 2.32. The summed E-state index contributed by atoms with van der Waals surface area (Å²) >= 11 is 0. The maximum atomic E-state index is 12.5. The molecule has 0 aliphatic heterocycles. The van der Waals surface area contributed by atoms with E-state index in [9.17, 15) is 22.8 Å². The number of Topliss-reactive ketones (excluding diaryl/α,β-unsaturated/α-hetero) is 1. The molecule has 0 unspecified atom stereocenters. The van der Waals surface area contributed by atoms with E-state index in [0.717, 1.165) is 12.1 Å². The van der Waals surface area contributed by atoms with Crippen LogP contribution in [-0.2, 0) is 6.18 Å². The van der Waals surface area contributed by atoms with Crippen LogP contribution in [0.15, 0.2) is 18.2 Å². The second-order valence-corrected chi connectivity index (χ2v) is 3.61. The van der Waals surface area contributed by atoms with Gasteiger partial charge in [-0.1, -0.05) is 0 Å². The van der Waals surface area contributed by atoms with Crippen molar-refractivity contribution in [2.75, 3.05) is 11.9 Å². The van der Waals surface area contributed by atoms with Gasteiger partial charge in [0.2, 0.25) is 0 Å². The zero-order valence-corrected chi connectivity index (χ0v) is 9.97. The summed E-state index contributed by atoms with van der Waals surface area (Å²) in [6.07, 6.45) is -4.59.